The Morgan fingerprint density at radius 1 is 1.64 bits per heavy atom. The monoisotopic (exact) mass is 177 g/mol. The van der Waals surface area contributed by atoms with E-state index in [1.807, 2.05) is 0 Å². The molecule has 0 aromatic rings. The molecule has 0 heterocycles. The number of carbonyl (C=O) groups is 1. The molecule has 0 rings (SSSR count). The van der Waals surface area contributed by atoms with Crippen LogP contribution >= 0.6 is 12.6 Å². The Hall–Kier alpha value is -0.220. The summed E-state index contributed by atoms with van der Waals surface area (Å²) < 4.78 is 0. The van der Waals surface area contributed by atoms with Crippen LogP contribution in [-0.2, 0) is 4.79 Å². The maximum absolute atomic E-state index is 10.3. The minimum atomic E-state index is -0.753. The molecule has 0 aromatic heterocycles. The number of thiol groups is 1. The first-order valence-corrected chi connectivity index (χ1v) is 4.30. The van der Waals surface area contributed by atoms with E-state index in [1.54, 1.807) is 6.92 Å². The number of hydrogen-bond donors (Lipinski definition) is 3. The van der Waals surface area contributed by atoms with Crippen molar-refractivity contribution in [1.29, 1.82) is 0 Å². The number of aliphatic carboxylic acids is 1. The van der Waals surface area contributed by atoms with Gasteiger partial charge in [0.15, 0.2) is 0 Å². The van der Waals surface area contributed by atoms with E-state index in [2.05, 4.69) is 12.6 Å². The van der Waals surface area contributed by atoms with Crippen molar-refractivity contribution in [3.63, 3.8) is 0 Å². The van der Waals surface area contributed by atoms with Crippen LogP contribution in [-0.4, -0.2) is 22.9 Å². The van der Waals surface area contributed by atoms with Crippen LogP contribution < -0.4 is 5.73 Å². The summed E-state index contributed by atoms with van der Waals surface area (Å²) in [5.74, 6) is -0.427. The highest BCUT2D eigenvalue weighted by Gasteiger charge is 2.11. The summed E-state index contributed by atoms with van der Waals surface area (Å²) in [5, 5.41) is 8.51. The van der Waals surface area contributed by atoms with E-state index in [-0.39, 0.29) is 12.0 Å². The molecule has 0 fully saturated rings. The van der Waals surface area contributed by atoms with Gasteiger partial charge in [-0.2, -0.15) is 12.6 Å². The van der Waals surface area contributed by atoms with Gasteiger partial charge in [-0.25, -0.2) is 0 Å². The molecule has 0 aromatic carbocycles. The molecule has 0 aliphatic carbocycles. The molecule has 0 bridgehead atoms. The van der Waals surface area contributed by atoms with Gasteiger partial charge in [0.05, 0.1) is 5.92 Å². The van der Waals surface area contributed by atoms with Crippen molar-refractivity contribution in [3.8, 4) is 0 Å². The number of carboxylic acid groups (broad SMARTS) is 1. The van der Waals surface area contributed by atoms with E-state index in [0.29, 0.717) is 12.2 Å². The first-order chi connectivity index (χ1) is 5.07. The van der Waals surface area contributed by atoms with Crippen LogP contribution in [0.3, 0.4) is 0 Å². The predicted molar refractivity (Wildman–Crippen MR) is 47.9 cm³/mol. The van der Waals surface area contributed by atoms with Crippen LogP contribution in [0.5, 0.6) is 0 Å². The molecule has 0 radical (unpaired) electrons. The van der Waals surface area contributed by atoms with Crippen molar-refractivity contribution in [2.75, 3.05) is 5.75 Å². The second-order valence-corrected chi connectivity index (χ2v) is 3.12. The molecular weight excluding hydrogens is 162 g/mol. The zero-order valence-corrected chi connectivity index (χ0v) is 7.55. The van der Waals surface area contributed by atoms with E-state index in [9.17, 15) is 4.79 Å². The molecule has 3 nitrogen and oxygen atoms in total. The minimum absolute atomic E-state index is 0.0279. The first-order valence-electron chi connectivity index (χ1n) is 3.67. The zero-order chi connectivity index (χ0) is 8.85. The maximum atomic E-state index is 10.3. The van der Waals surface area contributed by atoms with Gasteiger partial charge in [-0.1, -0.05) is 6.92 Å². The lowest BCUT2D eigenvalue weighted by atomic mass is 10.0. The summed E-state index contributed by atoms with van der Waals surface area (Å²) in [6.45, 7) is 1.69. The average Bonchev–Trinajstić information content (AvgIpc) is 1.99. The smallest absolute Gasteiger partial charge is 0.306 e. The Labute approximate surface area is 72.4 Å². The quantitative estimate of drug-likeness (QED) is 0.543. The molecule has 3 N–H and O–H groups in total. The highest BCUT2D eigenvalue weighted by atomic mass is 32.1. The van der Waals surface area contributed by atoms with Crippen molar-refractivity contribution in [2.24, 2.45) is 11.7 Å². The van der Waals surface area contributed by atoms with E-state index in [4.69, 9.17) is 10.8 Å². The van der Waals surface area contributed by atoms with Crippen LogP contribution in [0, 0.1) is 5.92 Å². The molecule has 11 heavy (non-hydrogen) atoms. The summed E-state index contributed by atoms with van der Waals surface area (Å²) in [5.41, 5.74) is 5.55. The third-order valence-corrected chi connectivity index (χ3v) is 2.10. The van der Waals surface area contributed by atoms with Crippen LogP contribution in [0.2, 0.25) is 0 Å². The molecule has 0 spiro atoms. The van der Waals surface area contributed by atoms with Gasteiger partial charge < -0.3 is 10.8 Å². The molecule has 0 aliphatic rings. The van der Waals surface area contributed by atoms with E-state index >= 15 is 0 Å². The predicted octanol–water partition coefficient (Wildman–Crippen LogP) is 0.744. The summed E-state index contributed by atoms with van der Waals surface area (Å²) in [6.07, 6.45) is 1.37. The van der Waals surface area contributed by atoms with Crippen molar-refractivity contribution >= 4 is 18.6 Å². The lowest BCUT2D eigenvalue weighted by Gasteiger charge is -2.09. The number of nitrogens with two attached hydrogens (primary N) is 1. The average molecular weight is 177 g/mol. The van der Waals surface area contributed by atoms with Crippen molar-refractivity contribution < 1.29 is 9.90 Å². The Balaban J connectivity index is 3.45. The molecular formula is C7H15NO2S. The third-order valence-electron chi connectivity index (χ3n) is 1.63. The van der Waals surface area contributed by atoms with Gasteiger partial charge in [-0.3, -0.25) is 4.79 Å². The van der Waals surface area contributed by atoms with Gasteiger partial charge in [-0.15, -0.1) is 0 Å². The summed E-state index contributed by atoms with van der Waals surface area (Å²) >= 11 is 4.00. The Morgan fingerprint density at radius 3 is 2.55 bits per heavy atom. The molecule has 0 amide bonds. The van der Waals surface area contributed by atoms with Gasteiger partial charge in [0, 0.05) is 11.8 Å². The zero-order valence-electron chi connectivity index (χ0n) is 6.66. The highest BCUT2D eigenvalue weighted by molar-refractivity contribution is 7.80. The lowest BCUT2D eigenvalue weighted by molar-refractivity contribution is -0.141. The molecule has 66 valence electrons. The fraction of sp³-hybridized carbons (Fsp3) is 0.857. The van der Waals surface area contributed by atoms with E-state index in [0.717, 1.165) is 6.42 Å². The number of hydrogen-bond acceptors (Lipinski definition) is 3. The third kappa shape index (κ3) is 5.09. The largest absolute Gasteiger partial charge is 0.481 e. The Kier molecular flexibility index (Phi) is 5.32. The second-order valence-electron chi connectivity index (χ2n) is 2.76. The SMILES string of the molecule is C[C@H](CC[C@H](N)CS)C(=O)O. The fourth-order valence-corrected chi connectivity index (χ4v) is 0.861. The molecule has 2 atom stereocenters. The summed E-state index contributed by atoms with van der Waals surface area (Å²) in [4.78, 5) is 10.3. The van der Waals surface area contributed by atoms with Crippen LogP contribution in [0.1, 0.15) is 19.8 Å². The molecule has 0 unspecified atom stereocenters. The Bertz CT molecular complexity index is 130. The van der Waals surface area contributed by atoms with Crippen LogP contribution in [0.4, 0.5) is 0 Å². The lowest BCUT2D eigenvalue weighted by Crippen LogP contribution is -2.23. The fourth-order valence-electron chi connectivity index (χ4n) is 0.679. The second kappa shape index (κ2) is 5.43. The maximum Gasteiger partial charge on any atom is 0.306 e. The van der Waals surface area contributed by atoms with Gasteiger partial charge in [-0.05, 0) is 12.8 Å². The van der Waals surface area contributed by atoms with Gasteiger partial charge in [0.1, 0.15) is 0 Å². The van der Waals surface area contributed by atoms with Crippen LogP contribution in [0.25, 0.3) is 0 Å². The topological polar surface area (TPSA) is 63.3 Å². The Morgan fingerprint density at radius 2 is 2.18 bits per heavy atom. The molecule has 4 heteroatoms. The van der Waals surface area contributed by atoms with Crippen molar-refractivity contribution in [3.05, 3.63) is 0 Å². The molecule has 0 saturated carbocycles. The summed E-state index contributed by atoms with van der Waals surface area (Å²) in [7, 11) is 0. The highest BCUT2D eigenvalue weighted by Crippen LogP contribution is 2.07. The normalized spacial score (nSPS) is 15.9. The van der Waals surface area contributed by atoms with Crippen molar-refractivity contribution in [2.45, 2.75) is 25.8 Å². The van der Waals surface area contributed by atoms with Gasteiger partial charge in [0.2, 0.25) is 0 Å². The minimum Gasteiger partial charge on any atom is -0.481 e. The molecule has 0 saturated heterocycles. The van der Waals surface area contributed by atoms with Gasteiger partial charge in [0.25, 0.3) is 0 Å². The van der Waals surface area contributed by atoms with E-state index in [1.165, 1.54) is 0 Å². The molecule has 0 aliphatic heterocycles. The van der Waals surface area contributed by atoms with Gasteiger partial charge >= 0.3 is 5.97 Å². The summed E-state index contributed by atoms with van der Waals surface area (Å²) in [6, 6.07) is 0.0279. The van der Waals surface area contributed by atoms with Crippen molar-refractivity contribution in [1.82, 2.24) is 0 Å². The standard InChI is InChI=1S/C7H15NO2S/c1-5(7(9)10)2-3-6(8)4-11/h5-6,11H,2-4,8H2,1H3,(H,9,10)/t5-,6+/m1/s1. The number of rotatable bonds is 5. The first kappa shape index (κ1) is 10.8. The van der Waals surface area contributed by atoms with E-state index < -0.39 is 5.97 Å². The van der Waals surface area contributed by atoms with Crippen LogP contribution in [0.15, 0.2) is 0 Å². The number of carboxylic acids is 1.